The van der Waals surface area contributed by atoms with Gasteiger partial charge in [-0.2, -0.15) is 0 Å². The smallest absolute Gasteiger partial charge is 0.253 e. The maximum Gasteiger partial charge on any atom is 0.253 e. The first-order valence-corrected chi connectivity index (χ1v) is 9.01. The van der Waals surface area contributed by atoms with Crippen LogP contribution in [0.25, 0.3) is 0 Å². The van der Waals surface area contributed by atoms with Crippen molar-refractivity contribution in [2.45, 2.75) is 31.7 Å². The van der Waals surface area contributed by atoms with E-state index in [2.05, 4.69) is 0 Å². The van der Waals surface area contributed by atoms with Gasteiger partial charge in [0.05, 0.1) is 0 Å². The van der Waals surface area contributed by atoms with E-state index in [1.165, 1.54) is 0 Å². The van der Waals surface area contributed by atoms with E-state index in [9.17, 15) is 9.59 Å². The van der Waals surface area contributed by atoms with Crippen LogP contribution in [0.2, 0.25) is 5.02 Å². The topological polar surface area (TPSA) is 66.6 Å². The Balaban J connectivity index is 0.00000225. The van der Waals surface area contributed by atoms with Gasteiger partial charge in [-0.3, -0.25) is 9.59 Å². The molecule has 0 aromatic heterocycles. The van der Waals surface area contributed by atoms with Crippen molar-refractivity contribution in [1.29, 1.82) is 0 Å². The van der Waals surface area contributed by atoms with Crippen LogP contribution in [0, 0.1) is 5.92 Å². The van der Waals surface area contributed by atoms with E-state index in [4.69, 9.17) is 17.3 Å². The Bertz CT molecular complexity index is 609. The van der Waals surface area contributed by atoms with E-state index in [0.717, 1.165) is 32.2 Å². The molecule has 1 aliphatic heterocycles. The average molecular weight is 386 g/mol. The number of benzene rings is 1. The number of amides is 2. The summed E-state index contributed by atoms with van der Waals surface area (Å²) in [6, 6.07) is 7.11. The number of carbonyl (C=O) groups is 2. The quantitative estimate of drug-likeness (QED) is 0.850. The average Bonchev–Trinajstić information content (AvgIpc) is 2.87. The fraction of sp³-hybridized carbons (Fsp3) is 0.556. The van der Waals surface area contributed by atoms with Crippen molar-refractivity contribution in [2.75, 3.05) is 26.2 Å². The number of hydrogen-bond acceptors (Lipinski definition) is 3. The van der Waals surface area contributed by atoms with Gasteiger partial charge in [-0.1, -0.05) is 11.6 Å². The lowest BCUT2D eigenvalue weighted by Gasteiger charge is -2.24. The van der Waals surface area contributed by atoms with Crippen LogP contribution in [0.1, 0.15) is 36.0 Å². The van der Waals surface area contributed by atoms with E-state index < -0.39 is 0 Å². The molecule has 1 saturated carbocycles. The molecule has 138 valence electrons. The lowest BCUT2D eigenvalue weighted by Crippen LogP contribution is -2.39. The first kappa shape index (κ1) is 20.0. The summed E-state index contributed by atoms with van der Waals surface area (Å²) in [7, 11) is 0. The van der Waals surface area contributed by atoms with Crippen molar-refractivity contribution >= 4 is 35.8 Å². The fourth-order valence-corrected chi connectivity index (χ4v) is 3.74. The number of hydrogen-bond donors (Lipinski definition) is 1. The highest BCUT2D eigenvalue weighted by Crippen LogP contribution is 2.26. The zero-order chi connectivity index (χ0) is 17.1. The minimum Gasteiger partial charge on any atom is -0.341 e. The number of rotatable bonds is 2. The summed E-state index contributed by atoms with van der Waals surface area (Å²) in [5, 5.41) is 0.619. The second kappa shape index (κ2) is 8.88. The molecule has 1 aromatic rings. The monoisotopic (exact) mass is 385 g/mol. The Labute approximate surface area is 159 Å². The van der Waals surface area contributed by atoms with Crippen molar-refractivity contribution in [1.82, 2.24) is 9.80 Å². The molecule has 2 atom stereocenters. The Morgan fingerprint density at radius 2 is 1.64 bits per heavy atom. The molecule has 0 spiro atoms. The Hall–Kier alpha value is -1.30. The summed E-state index contributed by atoms with van der Waals surface area (Å²) in [5.74, 6) is 0.283. The highest BCUT2D eigenvalue weighted by molar-refractivity contribution is 6.30. The van der Waals surface area contributed by atoms with Crippen LogP contribution in [0.5, 0.6) is 0 Å². The highest BCUT2D eigenvalue weighted by Gasteiger charge is 2.32. The molecule has 3 rings (SSSR count). The van der Waals surface area contributed by atoms with Gasteiger partial charge in [0, 0.05) is 48.7 Å². The van der Waals surface area contributed by atoms with Crippen molar-refractivity contribution in [3.8, 4) is 0 Å². The zero-order valence-electron chi connectivity index (χ0n) is 14.2. The summed E-state index contributed by atoms with van der Waals surface area (Å²) >= 11 is 5.88. The lowest BCUT2D eigenvalue weighted by molar-refractivity contribution is -0.135. The number of halogens is 2. The van der Waals surface area contributed by atoms with E-state index in [-0.39, 0.29) is 36.2 Å². The van der Waals surface area contributed by atoms with Gasteiger partial charge in [-0.25, -0.2) is 0 Å². The normalized spacial score (nSPS) is 23.8. The largest absolute Gasteiger partial charge is 0.341 e. The van der Waals surface area contributed by atoms with Crippen LogP contribution in [0.3, 0.4) is 0 Å². The SMILES string of the molecule is Cl.NC1CCC(C(=O)N2CCCN(C(=O)c3ccc(Cl)cc3)CC2)C1. The van der Waals surface area contributed by atoms with Gasteiger partial charge in [-0.05, 0) is 49.9 Å². The van der Waals surface area contributed by atoms with Crippen LogP contribution in [-0.2, 0) is 4.79 Å². The molecule has 2 unspecified atom stereocenters. The second-order valence-electron chi connectivity index (χ2n) is 6.75. The predicted molar refractivity (Wildman–Crippen MR) is 101 cm³/mol. The van der Waals surface area contributed by atoms with Crippen molar-refractivity contribution in [3.05, 3.63) is 34.9 Å². The van der Waals surface area contributed by atoms with Crippen LogP contribution < -0.4 is 5.73 Å². The molecule has 7 heteroatoms. The van der Waals surface area contributed by atoms with Crippen LogP contribution in [0.15, 0.2) is 24.3 Å². The standard InChI is InChI=1S/C18H24ClN3O2.ClH/c19-15-5-2-13(3-6-15)17(23)21-8-1-9-22(11-10-21)18(24)14-4-7-16(20)12-14;/h2-3,5-6,14,16H,1,4,7-12,20H2;1H. The molecule has 2 fully saturated rings. The molecule has 1 saturated heterocycles. The minimum absolute atomic E-state index is 0. The molecular formula is C18H25Cl2N3O2. The molecule has 2 N–H and O–H groups in total. The summed E-state index contributed by atoms with van der Waals surface area (Å²) in [6.07, 6.45) is 3.43. The maximum absolute atomic E-state index is 12.6. The van der Waals surface area contributed by atoms with E-state index in [0.29, 0.717) is 30.2 Å². The zero-order valence-corrected chi connectivity index (χ0v) is 15.8. The molecule has 1 aliphatic carbocycles. The molecule has 0 radical (unpaired) electrons. The minimum atomic E-state index is 0. The fourth-order valence-electron chi connectivity index (χ4n) is 3.61. The molecular weight excluding hydrogens is 361 g/mol. The van der Waals surface area contributed by atoms with Gasteiger partial charge >= 0.3 is 0 Å². The Kier molecular flexibility index (Phi) is 7.11. The van der Waals surface area contributed by atoms with Gasteiger partial charge < -0.3 is 15.5 Å². The van der Waals surface area contributed by atoms with Crippen LogP contribution in [-0.4, -0.2) is 53.8 Å². The van der Waals surface area contributed by atoms with E-state index >= 15 is 0 Å². The van der Waals surface area contributed by atoms with Gasteiger partial charge in [0.25, 0.3) is 5.91 Å². The number of nitrogens with two attached hydrogens (primary N) is 1. The summed E-state index contributed by atoms with van der Waals surface area (Å²) in [4.78, 5) is 29.0. The summed E-state index contributed by atoms with van der Waals surface area (Å²) in [5.41, 5.74) is 6.57. The first-order chi connectivity index (χ1) is 11.5. The number of nitrogens with zero attached hydrogens (tertiary/aromatic N) is 2. The third-order valence-corrected chi connectivity index (χ3v) is 5.26. The molecule has 1 heterocycles. The Morgan fingerprint density at radius 3 is 2.28 bits per heavy atom. The lowest BCUT2D eigenvalue weighted by atomic mass is 10.1. The molecule has 5 nitrogen and oxygen atoms in total. The molecule has 2 aliphatic rings. The third kappa shape index (κ3) is 4.87. The van der Waals surface area contributed by atoms with Gasteiger partial charge in [0.2, 0.25) is 5.91 Å². The van der Waals surface area contributed by atoms with Gasteiger partial charge in [0.1, 0.15) is 0 Å². The third-order valence-electron chi connectivity index (χ3n) is 5.01. The highest BCUT2D eigenvalue weighted by atomic mass is 35.5. The predicted octanol–water partition coefficient (Wildman–Crippen LogP) is 2.56. The van der Waals surface area contributed by atoms with E-state index in [1.54, 1.807) is 24.3 Å². The first-order valence-electron chi connectivity index (χ1n) is 8.64. The van der Waals surface area contributed by atoms with Crippen molar-refractivity contribution in [3.63, 3.8) is 0 Å². The van der Waals surface area contributed by atoms with E-state index in [1.807, 2.05) is 9.80 Å². The Morgan fingerprint density at radius 1 is 1.00 bits per heavy atom. The van der Waals surface area contributed by atoms with Crippen molar-refractivity contribution < 1.29 is 9.59 Å². The second-order valence-corrected chi connectivity index (χ2v) is 7.18. The van der Waals surface area contributed by atoms with Crippen LogP contribution >= 0.6 is 24.0 Å². The molecule has 2 amide bonds. The summed E-state index contributed by atoms with van der Waals surface area (Å²) in [6.45, 7) is 2.57. The maximum atomic E-state index is 12.6. The molecule has 25 heavy (non-hydrogen) atoms. The van der Waals surface area contributed by atoms with Gasteiger partial charge in [0.15, 0.2) is 0 Å². The van der Waals surface area contributed by atoms with Crippen LogP contribution in [0.4, 0.5) is 0 Å². The molecule has 0 bridgehead atoms. The summed E-state index contributed by atoms with van der Waals surface area (Å²) < 4.78 is 0. The molecule has 1 aromatic carbocycles. The number of carbonyl (C=O) groups excluding carboxylic acids is 2. The van der Waals surface area contributed by atoms with Crippen molar-refractivity contribution in [2.24, 2.45) is 11.7 Å². The van der Waals surface area contributed by atoms with Gasteiger partial charge in [-0.15, -0.1) is 12.4 Å².